The van der Waals surface area contributed by atoms with Crippen LogP contribution in [0.4, 0.5) is 20.9 Å². The van der Waals surface area contributed by atoms with E-state index in [2.05, 4.69) is 20.4 Å². The fourth-order valence-electron chi connectivity index (χ4n) is 5.48. The van der Waals surface area contributed by atoms with Crippen molar-refractivity contribution in [3.8, 4) is 17.3 Å². The van der Waals surface area contributed by atoms with Crippen LogP contribution in [0.1, 0.15) is 53.0 Å². The summed E-state index contributed by atoms with van der Waals surface area (Å²) in [5, 5.41) is 6.39. The van der Waals surface area contributed by atoms with Gasteiger partial charge in [-0.1, -0.05) is 11.2 Å². The van der Waals surface area contributed by atoms with Gasteiger partial charge in [0.25, 0.3) is 5.91 Å². The van der Waals surface area contributed by atoms with Crippen LogP contribution in [0.25, 0.3) is 11.4 Å². The number of amides is 2. The second-order valence-corrected chi connectivity index (χ2v) is 15.2. The normalized spacial score (nSPS) is 20.1. The van der Waals surface area contributed by atoms with Gasteiger partial charge in [-0.25, -0.2) is 22.6 Å². The predicted octanol–water partition coefficient (Wildman–Crippen LogP) is 3.64. The highest BCUT2D eigenvalue weighted by Crippen LogP contribution is 2.43. The predicted molar refractivity (Wildman–Crippen MR) is 166 cm³/mol. The summed E-state index contributed by atoms with van der Waals surface area (Å²) in [6.45, 7) is 10.0. The number of ether oxygens (including phenoxy) is 3. The Bertz CT molecular complexity index is 1790. The van der Waals surface area contributed by atoms with Crippen LogP contribution in [0, 0.1) is 5.82 Å². The summed E-state index contributed by atoms with van der Waals surface area (Å²) in [5.74, 6) is -2.26. The van der Waals surface area contributed by atoms with E-state index in [1.807, 2.05) is 18.7 Å². The number of halogens is 1. The molecule has 2 fully saturated rings. The Morgan fingerprint density at radius 3 is 2.66 bits per heavy atom. The summed E-state index contributed by atoms with van der Waals surface area (Å²) in [5.41, 5.74) is -0.900. The van der Waals surface area contributed by atoms with Crippen molar-refractivity contribution in [3.63, 3.8) is 0 Å². The van der Waals surface area contributed by atoms with Gasteiger partial charge in [0.2, 0.25) is 11.7 Å². The molecule has 0 unspecified atom stereocenters. The first kappa shape index (κ1) is 32.6. The summed E-state index contributed by atoms with van der Waals surface area (Å²) in [6, 6.07) is 4.01. The van der Waals surface area contributed by atoms with Crippen molar-refractivity contribution in [2.24, 2.45) is 0 Å². The fourth-order valence-corrected chi connectivity index (χ4v) is 7.10. The lowest BCUT2D eigenvalue weighted by Gasteiger charge is -2.31. The zero-order valence-corrected chi connectivity index (χ0v) is 27.6. The van der Waals surface area contributed by atoms with Gasteiger partial charge in [-0.3, -0.25) is 4.79 Å². The topological polar surface area (TPSA) is 166 Å². The number of morpholine rings is 1. The van der Waals surface area contributed by atoms with Gasteiger partial charge in [-0.2, -0.15) is 4.98 Å². The van der Waals surface area contributed by atoms with Crippen LogP contribution in [0.5, 0.6) is 5.88 Å². The molecule has 2 amide bonds. The fraction of sp³-hybridized carbons (Fsp3) is 0.516. The second kappa shape index (κ2) is 12.0. The van der Waals surface area contributed by atoms with Crippen LogP contribution in [0.3, 0.4) is 0 Å². The Morgan fingerprint density at radius 1 is 1.23 bits per heavy atom. The molecule has 6 rings (SSSR count). The molecule has 1 N–H and O–H groups in total. The monoisotopic (exact) mass is 672 g/mol. The van der Waals surface area contributed by atoms with Gasteiger partial charge in [0.15, 0.2) is 9.84 Å². The molecular formula is C31H37FN6O8S. The number of pyridine rings is 1. The summed E-state index contributed by atoms with van der Waals surface area (Å²) in [6.07, 6.45) is 2.25. The smallest absolute Gasteiger partial charge is 0.408 e. The molecular weight excluding hydrogens is 635 g/mol. The van der Waals surface area contributed by atoms with Crippen molar-refractivity contribution in [2.75, 3.05) is 35.2 Å². The SMILES string of the molecule is CC(C)Oc1ccc(CN2C(=O)[C@@H](NC(=O)OC(C)(C)C)CS(=O)(=O)c3cc(F)c(-c4noc(N5CCOC6(CC6)C5)n4)cc32)cn1. The zero-order valence-electron chi connectivity index (χ0n) is 26.8. The van der Waals surface area contributed by atoms with Crippen LogP contribution >= 0.6 is 0 Å². The Kier molecular flexibility index (Phi) is 8.36. The van der Waals surface area contributed by atoms with E-state index in [0.29, 0.717) is 31.1 Å². The average Bonchev–Trinajstić information content (AvgIpc) is 3.54. The summed E-state index contributed by atoms with van der Waals surface area (Å²) in [7, 11) is -4.33. The largest absolute Gasteiger partial charge is 0.475 e. The van der Waals surface area contributed by atoms with Crippen molar-refractivity contribution < 1.29 is 41.1 Å². The van der Waals surface area contributed by atoms with Gasteiger partial charge >= 0.3 is 12.1 Å². The molecule has 1 atom stereocenters. The number of benzene rings is 1. The molecule has 1 saturated heterocycles. The van der Waals surface area contributed by atoms with Crippen LogP contribution in [-0.2, 0) is 30.7 Å². The number of fused-ring (bicyclic) bond motifs is 1. The minimum atomic E-state index is -4.33. The molecule has 1 aliphatic carbocycles. The van der Waals surface area contributed by atoms with Crippen LogP contribution in [-0.4, -0.2) is 84.3 Å². The highest BCUT2D eigenvalue weighted by atomic mass is 32.2. The first-order valence-corrected chi connectivity index (χ1v) is 17.0. The minimum Gasteiger partial charge on any atom is -0.475 e. The molecule has 1 saturated carbocycles. The molecule has 16 heteroatoms. The van der Waals surface area contributed by atoms with E-state index in [0.717, 1.165) is 18.9 Å². The lowest BCUT2D eigenvalue weighted by molar-refractivity contribution is -0.120. The number of carbonyl (C=O) groups excluding carboxylic acids is 2. The highest BCUT2D eigenvalue weighted by Gasteiger charge is 2.48. The molecule has 0 radical (unpaired) electrons. The zero-order chi connectivity index (χ0) is 33.7. The Hall–Kier alpha value is -4.31. The number of rotatable bonds is 7. The maximum atomic E-state index is 15.8. The lowest BCUT2D eigenvalue weighted by atomic mass is 10.1. The van der Waals surface area contributed by atoms with E-state index in [4.69, 9.17) is 18.7 Å². The molecule has 1 aromatic carbocycles. The van der Waals surface area contributed by atoms with Crippen molar-refractivity contribution >= 4 is 33.5 Å². The molecule has 2 aliphatic heterocycles. The van der Waals surface area contributed by atoms with Gasteiger partial charge < -0.3 is 33.9 Å². The first-order chi connectivity index (χ1) is 22.1. The number of sulfone groups is 1. The number of aromatic nitrogens is 3. The van der Waals surface area contributed by atoms with E-state index in [1.54, 1.807) is 32.9 Å². The summed E-state index contributed by atoms with van der Waals surface area (Å²) in [4.78, 5) is 38.1. The first-order valence-electron chi connectivity index (χ1n) is 15.3. The highest BCUT2D eigenvalue weighted by molar-refractivity contribution is 7.91. The molecule has 14 nitrogen and oxygen atoms in total. The number of carbonyl (C=O) groups is 2. The van der Waals surface area contributed by atoms with Crippen LogP contribution < -0.4 is 19.9 Å². The standard InChI is InChI=1S/C31H37FN6O8S/c1-18(2)44-25-7-6-19(14-33-25)15-38-23-12-20(26-35-28(46-36-26)37-10-11-43-31(17-37)8-9-31)21(32)13-24(23)47(41,42)16-22(27(38)39)34-29(40)45-30(3,4)5/h6-7,12-14,18,22H,8-11,15-17H2,1-5H3,(H,34,40)/t22-/m0/s1. The molecule has 1 spiro atoms. The maximum absolute atomic E-state index is 15.8. The summed E-state index contributed by atoms with van der Waals surface area (Å²) < 4.78 is 65.4. The minimum absolute atomic E-state index is 0.114. The van der Waals surface area contributed by atoms with Crippen LogP contribution in [0.2, 0.25) is 0 Å². The van der Waals surface area contributed by atoms with Crippen molar-refractivity contribution in [3.05, 3.63) is 41.8 Å². The average molecular weight is 673 g/mol. The third-order valence-electron chi connectivity index (χ3n) is 7.79. The van der Waals surface area contributed by atoms with Gasteiger partial charge in [0, 0.05) is 18.8 Å². The number of alkyl carbamates (subject to hydrolysis) is 1. The van der Waals surface area contributed by atoms with Crippen molar-refractivity contribution in [1.29, 1.82) is 0 Å². The molecule has 4 heterocycles. The third-order valence-corrected chi connectivity index (χ3v) is 9.56. The van der Waals surface area contributed by atoms with E-state index in [9.17, 15) is 18.0 Å². The van der Waals surface area contributed by atoms with E-state index in [1.165, 1.54) is 17.2 Å². The molecule has 3 aliphatic rings. The third kappa shape index (κ3) is 7.17. The van der Waals surface area contributed by atoms with Crippen molar-refractivity contribution in [1.82, 2.24) is 20.4 Å². The molecule has 3 aromatic rings. The summed E-state index contributed by atoms with van der Waals surface area (Å²) >= 11 is 0. The second-order valence-electron chi connectivity index (χ2n) is 13.2. The molecule has 252 valence electrons. The molecule has 0 bridgehead atoms. The maximum Gasteiger partial charge on any atom is 0.408 e. The number of nitrogens with zero attached hydrogens (tertiary/aromatic N) is 5. The van der Waals surface area contributed by atoms with Gasteiger partial charge in [0.05, 0.1) is 53.3 Å². The van der Waals surface area contributed by atoms with Crippen molar-refractivity contribution in [2.45, 2.75) is 82.2 Å². The quantitative estimate of drug-likeness (QED) is 0.388. The van der Waals surface area contributed by atoms with E-state index in [-0.39, 0.29) is 41.3 Å². The Balaban J connectivity index is 1.38. The molecule has 2 aromatic heterocycles. The lowest BCUT2D eigenvalue weighted by Crippen LogP contribution is -2.51. The molecule has 47 heavy (non-hydrogen) atoms. The van der Waals surface area contributed by atoms with Crippen LogP contribution in [0.15, 0.2) is 39.9 Å². The number of anilines is 2. The Morgan fingerprint density at radius 2 is 2.00 bits per heavy atom. The number of hydrogen-bond acceptors (Lipinski definition) is 12. The van der Waals surface area contributed by atoms with E-state index < -0.39 is 49.9 Å². The van der Waals surface area contributed by atoms with Gasteiger partial charge in [-0.05, 0) is 65.2 Å². The Labute approximate surface area is 271 Å². The number of hydrogen-bond donors (Lipinski definition) is 1. The van der Waals surface area contributed by atoms with E-state index >= 15 is 4.39 Å². The van der Waals surface area contributed by atoms with Gasteiger partial charge in [0.1, 0.15) is 17.5 Å². The van der Waals surface area contributed by atoms with Gasteiger partial charge in [-0.15, -0.1) is 0 Å². The number of nitrogens with one attached hydrogen (secondary N) is 1.